The van der Waals surface area contributed by atoms with Gasteiger partial charge in [-0.25, -0.2) is 0 Å². The van der Waals surface area contributed by atoms with Crippen LogP contribution in [0.3, 0.4) is 0 Å². The van der Waals surface area contributed by atoms with Crippen molar-refractivity contribution < 1.29 is 8.83 Å². The van der Waals surface area contributed by atoms with Gasteiger partial charge in [0.15, 0.2) is 0 Å². The highest BCUT2D eigenvalue weighted by atomic mass is 16.3. The van der Waals surface area contributed by atoms with Crippen LogP contribution in [0.25, 0.3) is 165 Å². The van der Waals surface area contributed by atoms with Crippen LogP contribution in [0.2, 0.25) is 0 Å². The summed E-state index contributed by atoms with van der Waals surface area (Å²) < 4.78 is 13.6. The molecule has 14 aromatic carbocycles. The molecule has 0 saturated carbocycles. The van der Waals surface area contributed by atoms with Crippen molar-refractivity contribution in [2.24, 2.45) is 0 Å². The van der Waals surface area contributed by atoms with E-state index in [-0.39, 0.29) is 0 Å². The van der Waals surface area contributed by atoms with Crippen LogP contribution >= 0.6 is 0 Å². The Kier molecular flexibility index (Phi) is 9.37. The van der Waals surface area contributed by atoms with E-state index in [0.29, 0.717) is 0 Å². The molecule has 2 nitrogen and oxygen atoms in total. The summed E-state index contributed by atoms with van der Waals surface area (Å²) in [7, 11) is 0. The molecule has 16 aromatic rings. The van der Waals surface area contributed by atoms with Gasteiger partial charge in [-0.15, -0.1) is 0 Å². The Morgan fingerprint density at radius 1 is 0.171 bits per heavy atom. The summed E-state index contributed by atoms with van der Waals surface area (Å²) in [5, 5.41) is 16.5. The molecule has 352 valence electrons. The van der Waals surface area contributed by atoms with E-state index in [0.717, 1.165) is 60.6 Å². The first-order valence-electron chi connectivity index (χ1n) is 26.2. The maximum absolute atomic E-state index is 7.14. The van der Waals surface area contributed by atoms with Crippen LogP contribution in [0, 0.1) is 0 Å². The van der Waals surface area contributed by atoms with E-state index in [9.17, 15) is 0 Å². The molecular weight excluding hydrogens is 921 g/mol. The molecule has 0 spiro atoms. The maximum atomic E-state index is 7.14. The summed E-state index contributed by atoms with van der Waals surface area (Å²) in [6.45, 7) is 0. The second-order valence-electron chi connectivity index (χ2n) is 20.1. The fourth-order valence-electron chi connectivity index (χ4n) is 12.9. The van der Waals surface area contributed by atoms with Gasteiger partial charge in [-0.1, -0.05) is 243 Å². The van der Waals surface area contributed by atoms with E-state index in [1.807, 2.05) is 6.07 Å². The minimum Gasteiger partial charge on any atom is -0.456 e. The first-order valence-corrected chi connectivity index (χ1v) is 26.2. The van der Waals surface area contributed by atoms with Crippen LogP contribution in [-0.4, -0.2) is 0 Å². The normalized spacial score (nSPS) is 11.9. The molecule has 0 amide bonds. The van der Waals surface area contributed by atoms with Crippen molar-refractivity contribution in [3.63, 3.8) is 0 Å². The molecule has 16 rings (SSSR count). The van der Waals surface area contributed by atoms with Gasteiger partial charge in [0.1, 0.15) is 22.3 Å². The highest BCUT2D eigenvalue weighted by molar-refractivity contribution is 6.30. The van der Waals surface area contributed by atoms with Crippen LogP contribution in [0.5, 0.6) is 0 Å². The number of rotatable bonds is 6. The van der Waals surface area contributed by atoms with E-state index in [2.05, 4.69) is 261 Å². The van der Waals surface area contributed by atoms with E-state index in [1.165, 1.54) is 104 Å². The zero-order valence-electron chi connectivity index (χ0n) is 41.2. The van der Waals surface area contributed by atoms with Crippen molar-refractivity contribution in [1.29, 1.82) is 0 Å². The minimum atomic E-state index is 0.869. The van der Waals surface area contributed by atoms with Gasteiger partial charge in [-0.2, -0.15) is 0 Å². The molecule has 0 saturated heterocycles. The van der Waals surface area contributed by atoms with Crippen LogP contribution in [0.4, 0.5) is 0 Å². The van der Waals surface area contributed by atoms with E-state index in [4.69, 9.17) is 8.83 Å². The Bertz CT molecular complexity index is 4920. The van der Waals surface area contributed by atoms with Crippen molar-refractivity contribution in [3.05, 3.63) is 267 Å². The Morgan fingerprint density at radius 3 is 1.09 bits per heavy atom. The van der Waals surface area contributed by atoms with Gasteiger partial charge in [0.05, 0.1) is 0 Å². The minimum absolute atomic E-state index is 0.869. The third-order valence-corrected chi connectivity index (χ3v) is 16.1. The summed E-state index contributed by atoms with van der Waals surface area (Å²) >= 11 is 0. The highest BCUT2D eigenvalue weighted by Crippen LogP contribution is 2.52. The SMILES string of the molecule is c1ccc(-c2ccc(-c3c4ccccc4c(-c4ccc(-c5ccc(-c6c7ccccc7c(-c7cccc8oc9ccccc9c78)c7ccccc67)c6ccccc56)c5oc6ccccc6c45)c4ccccc34)cc2)cc1. The first kappa shape index (κ1) is 42.5. The quantitative estimate of drug-likeness (QED) is 0.155. The average molecular weight is 965 g/mol. The molecule has 0 aliphatic rings. The summed E-state index contributed by atoms with van der Waals surface area (Å²) in [6.07, 6.45) is 0. The van der Waals surface area contributed by atoms with Gasteiger partial charge >= 0.3 is 0 Å². The first-order chi connectivity index (χ1) is 37.7. The Balaban J connectivity index is 0.914. The van der Waals surface area contributed by atoms with E-state index in [1.54, 1.807) is 0 Å². The fourth-order valence-corrected chi connectivity index (χ4v) is 12.9. The molecule has 0 bridgehead atoms. The van der Waals surface area contributed by atoms with Crippen molar-refractivity contribution in [2.45, 2.75) is 0 Å². The standard InChI is InChI=1S/C74H44O2/c1-2-19-45(20-3-1)46-37-39-47(40-38-46)68-51-23-6-8-25-53(51)71(54-26-9-7-24-52(54)68)64-44-43-60(74-73(64)62-32-15-17-35-66(62)76-74)50-41-42-59(49-22-5-4-21-48(49)50)69-55-27-10-12-29-57(55)70(58-30-13-11-28-56(58)69)63-33-18-36-67-72(63)61-31-14-16-34-65(61)75-67/h1-44H. The van der Waals surface area contributed by atoms with Crippen molar-refractivity contribution in [3.8, 4) is 66.8 Å². The smallest absolute Gasteiger partial charge is 0.143 e. The molecule has 2 heterocycles. The van der Waals surface area contributed by atoms with Crippen molar-refractivity contribution >= 4 is 97.7 Å². The number of furan rings is 2. The molecule has 2 heteroatoms. The summed E-state index contributed by atoms with van der Waals surface area (Å²) in [5.41, 5.74) is 17.7. The van der Waals surface area contributed by atoms with Crippen LogP contribution in [-0.2, 0) is 0 Å². The molecule has 0 fully saturated rings. The Labute approximate surface area is 437 Å². The highest BCUT2D eigenvalue weighted by Gasteiger charge is 2.25. The van der Waals surface area contributed by atoms with Gasteiger partial charge in [0, 0.05) is 27.1 Å². The summed E-state index contributed by atoms with van der Waals surface area (Å²) in [4.78, 5) is 0. The number of fused-ring (bicyclic) bond motifs is 11. The second kappa shape index (κ2) is 16.8. The lowest BCUT2D eigenvalue weighted by Crippen LogP contribution is -1.93. The van der Waals surface area contributed by atoms with Gasteiger partial charge in [0.25, 0.3) is 0 Å². The molecule has 0 N–H and O–H groups in total. The lowest BCUT2D eigenvalue weighted by atomic mass is 9.82. The molecule has 0 atom stereocenters. The van der Waals surface area contributed by atoms with Crippen molar-refractivity contribution in [1.82, 2.24) is 0 Å². The van der Waals surface area contributed by atoms with Crippen LogP contribution in [0.15, 0.2) is 276 Å². The number of hydrogen-bond donors (Lipinski definition) is 0. The topological polar surface area (TPSA) is 26.3 Å². The maximum Gasteiger partial charge on any atom is 0.143 e. The molecular formula is C74H44O2. The van der Waals surface area contributed by atoms with Crippen LogP contribution in [0.1, 0.15) is 0 Å². The predicted molar refractivity (Wildman–Crippen MR) is 321 cm³/mol. The third-order valence-electron chi connectivity index (χ3n) is 16.1. The lowest BCUT2D eigenvalue weighted by molar-refractivity contribution is 0.669. The van der Waals surface area contributed by atoms with Crippen molar-refractivity contribution in [2.75, 3.05) is 0 Å². The van der Waals surface area contributed by atoms with E-state index >= 15 is 0 Å². The largest absolute Gasteiger partial charge is 0.456 e. The molecule has 0 radical (unpaired) electrons. The Hall–Kier alpha value is -10.0. The number of para-hydroxylation sites is 2. The number of benzene rings is 14. The van der Waals surface area contributed by atoms with Gasteiger partial charge < -0.3 is 8.83 Å². The zero-order valence-corrected chi connectivity index (χ0v) is 41.2. The summed E-state index contributed by atoms with van der Waals surface area (Å²) in [5.74, 6) is 0. The van der Waals surface area contributed by atoms with E-state index < -0.39 is 0 Å². The molecule has 76 heavy (non-hydrogen) atoms. The summed E-state index contributed by atoms with van der Waals surface area (Å²) in [6, 6.07) is 97.2. The average Bonchev–Trinajstić information content (AvgIpc) is 4.10. The van der Waals surface area contributed by atoms with Gasteiger partial charge in [0.2, 0.25) is 0 Å². The molecule has 0 aliphatic heterocycles. The monoisotopic (exact) mass is 964 g/mol. The Morgan fingerprint density at radius 2 is 0.526 bits per heavy atom. The van der Waals surface area contributed by atoms with Gasteiger partial charge in [-0.3, -0.25) is 0 Å². The van der Waals surface area contributed by atoms with Crippen LogP contribution < -0.4 is 0 Å². The second-order valence-corrected chi connectivity index (χ2v) is 20.1. The molecule has 0 aliphatic carbocycles. The van der Waals surface area contributed by atoms with Gasteiger partial charge in [-0.05, 0) is 139 Å². The molecule has 2 aromatic heterocycles. The lowest BCUT2D eigenvalue weighted by Gasteiger charge is -2.20. The third kappa shape index (κ3) is 6.28. The molecule has 0 unspecified atom stereocenters. The number of hydrogen-bond acceptors (Lipinski definition) is 2. The fraction of sp³-hybridized carbons (Fsp3) is 0. The predicted octanol–water partition coefficient (Wildman–Crippen LogP) is 21.3. The zero-order chi connectivity index (χ0) is 49.8.